The van der Waals surface area contributed by atoms with Crippen LogP contribution in [0.3, 0.4) is 0 Å². The number of nitrogens with zero attached hydrogens (tertiary/aromatic N) is 1. The molecule has 0 bridgehead atoms. The molecule has 15 heavy (non-hydrogen) atoms. The van der Waals surface area contributed by atoms with E-state index in [0.717, 1.165) is 12.8 Å². The number of ether oxygens (including phenoxy) is 1. The minimum atomic E-state index is -0.365. The van der Waals surface area contributed by atoms with E-state index in [1.165, 1.54) is 4.90 Å². The van der Waals surface area contributed by atoms with Gasteiger partial charge < -0.3 is 9.64 Å². The van der Waals surface area contributed by atoms with Crippen LogP contribution in [0.4, 0.5) is 0 Å². The molecule has 0 aromatic rings. The number of hydrogen-bond acceptors (Lipinski definition) is 3. The van der Waals surface area contributed by atoms with Crippen molar-refractivity contribution in [2.45, 2.75) is 32.7 Å². The van der Waals surface area contributed by atoms with E-state index in [-0.39, 0.29) is 24.5 Å². The van der Waals surface area contributed by atoms with Gasteiger partial charge in [-0.05, 0) is 32.6 Å². The van der Waals surface area contributed by atoms with Crippen molar-refractivity contribution in [2.24, 2.45) is 0 Å². The van der Waals surface area contributed by atoms with Gasteiger partial charge in [-0.1, -0.05) is 5.92 Å². The third-order valence-corrected chi connectivity index (χ3v) is 2.09. The zero-order chi connectivity index (χ0) is 11.3. The van der Waals surface area contributed by atoms with Gasteiger partial charge in [0, 0.05) is 6.04 Å². The normalized spacial score (nSPS) is 13.7. The van der Waals surface area contributed by atoms with Crippen molar-refractivity contribution < 1.29 is 14.3 Å². The van der Waals surface area contributed by atoms with Gasteiger partial charge in [0.05, 0.1) is 6.61 Å². The molecular formula is C11H15NO3. The van der Waals surface area contributed by atoms with Gasteiger partial charge in [0.2, 0.25) is 0 Å². The van der Waals surface area contributed by atoms with Gasteiger partial charge in [0.15, 0.2) is 0 Å². The molecule has 0 heterocycles. The van der Waals surface area contributed by atoms with Crippen molar-refractivity contribution in [1.82, 2.24) is 4.90 Å². The Morgan fingerprint density at radius 1 is 1.47 bits per heavy atom. The Labute approximate surface area is 89.6 Å². The second-order valence-corrected chi connectivity index (χ2v) is 3.34. The predicted molar refractivity (Wildman–Crippen MR) is 54.8 cm³/mol. The number of carbonyl (C=O) groups is 2. The van der Waals surface area contributed by atoms with Crippen LogP contribution in [0.5, 0.6) is 0 Å². The molecule has 1 amide bonds. The SMILES string of the molecule is CC#CC(=O)N(CC(=O)OCC)C1CC1. The summed E-state index contributed by atoms with van der Waals surface area (Å²) in [5.74, 6) is 4.34. The molecule has 1 saturated carbocycles. The summed E-state index contributed by atoms with van der Waals surface area (Å²) >= 11 is 0. The molecule has 0 spiro atoms. The molecule has 0 saturated heterocycles. The zero-order valence-electron chi connectivity index (χ0n) is 9.08. The lowest BCUT2D eigenvalue weighted by molar-refractivity contribution is -0.147. The summed E-state index contributed by atoms with van der Waals surface area (Å²) in [5.41, 5.74) is 0. The molecule has 1 rings (SSSR count). The van der Waals surface area contributed by atoms with Crippen molar-refractivity contribution >= 4 is 11.9 Å². The van der Waals surface area contributed by atoms with Crippen LogP contribution in [-0.2, 0) is 14.3 Å². The molecule has 1 fully saturated rings. The molecule has 0 N–H and O–H groups in total. The number of rotatable bonds is 4. The first-order valence-corrected chi connectivity index (χ1v) is 5.08. The van der Waals surface area contributed by atoms with Crippen LogP contribution >= 0.6 is 0 Å². The highest BCUT2D eigenvalue weighted by molar-refractivity contribution is 5.95. The number of carbonyl (C=O) groups excluding carboxylic acids is 2. The molecule has 4 heteroatoms. The van der Waals surface area contributed by atoms with Crippen LogP contribution in [0, 0.1) is 11.8 Å². The first kappa shape index (κ1) is 11.6. The first-order valence-electron chi connectivity index (χ1n) is 5.08. The van der Waals surface area contributed by atoms with Crippen molar-refractivity contribution in [2.75, 3.05) is 13.2 Å². The largest absolute Gasteiger partial charge is 0.465 e. The highest BCUT2D eigenvalue weighted by Crippen LogP contribution is 2.26. The Morgan fingerprint density at radius 3 is 2.60 bits per heavy atom. The average molecular weight is 209 g/mol. The fourth-order valence-electron chi connectivity index (χ4n) is 1.28. The van der Waals surface area contributed by atoms with Crippen LogP contribution in [0.1, 0.15) is 26.7 Å². The van der Waals surface area contributed by atoms with Crippen molar-refractivity contribution in [3.8, 4) is 11.8 Å². The number of esters is 1. The Bertz CT molecular complexity index is 310. The maximum absolute atomic E-state index is 11.5. The van der Waals surface area contributed by atoms with Gasteiger partial charge in [-0.3, -0.25) is 9.59 Å². The molecule has 0 unspecified atom stereocenters. The monoisotopic (exact) mass is 209 g/mol. The maximum Gasteiger partial charge on any atom is 0.325 e. The highest BCUT2D eigenvalue weighted by Gasteiger charge is 2.33. The van der Waals surface area contributed by atoms with E-state index in [1.54, 1.807) is 13.8 Å². The van der Waals surface area contributed by atoms with E-state index < -0.39 is 0 Å². The summed E-state index contributed by atoms with van der Waals surface area (Å²) < 4.78 is 4.80. The average Bonchev–Trinajstić information content (AvgIpc) is 2.98. The summed E-state index contributed by atoms with van der Waals surface area (Å²) in [7, 11) is 0. The second-order valence-electron chi connectivity index (χ2n) is 3.34. The standard InChI is InChI=1S/C11H15NO3/c1-3-5-10(13)12(9-6-7-9)8-11(14)15-4-2/h9H,4,6-8H2,1-2H3. The Morgan fingerprint density at radius 2 is 2.13 bits per heavy atom. The topological polar surface area (TPSA) is 46.6 Å². The Kier molecular flexibility index (Phi) is 4.17. The van der Waals surface area contributed by atoms with Crippen LogP contribution in [0.2, 0.25) is 0 Å². The van der Waals surface area contributed by atoms with Crippen LogP contribution < -0.4 is 0 Å². The summed E-state index contributed by atoms with van der Waals surface area (Å²) in [4.78, 5) is 24.2. The summed E-state index contributed by atoms with van der Waals surface area (Å²) in [5, 5.41) is 0. The van der Waals surface area contributed by atoms with E-state index in [0.29, 0.717) is 6.61 Å². The molecule has 1 aliphatic carbocycles. The zero-order valence-corrected chi connectivity index (χ0v) is 9.08. The molecule has 0 radical (unpaired) electrons. The molecule has 1 aliphatic rings. The van der Waals surface area contributed by atoms with Crippen molar-refractivity contribution in [3.63, 3.8) is 0 Å². The minimum Gasteiger partial charge on any atom is -0.465 e. The van der Waals surface area contributed by atoms with Gasteiger partial charge >= 0.3 is 5.97 Å². The summed E-state index contributed by atoms with van der Waals surface area (Å²) in [6.45, 7) is 3.71. The van der Waals surface area contributed by atoms with Gasteiger partial charge in [0.1, 0.15) is 6.54 Å². The quantitative estimate of drug-likeness (QED) is 0.502. The van der Waals surface area contributed by atoms with E-state index in [4.69, 9.17) is 4.74 Å². The van der Waals surface area contributed by atoms with Crippen LogP contribution in [0.15, 0.2) is 0 Å². The van der Waals surface area contributed by atoms with E-state index in [2.05, 4.69) is 11.8 Å². The number of hydrogen-bond donors (Lipinski definition) is 0. The van der Waals surface area contributed by atoms with E-state index in [1.807, 2.05) is 0 Å². The van der Waals surface area contributed by atoms with Crippen molar-refractivity contribution in [3.05, 3.63) is 0 Å². The van der Waals surface area contributed by atoms with Crippen LogP contribution in [-0.4, -0.2) is 36.0 Å². The Balaban J connectivity index is 2.53. The number of amides is 1. The first-order chi connectivity index (χ1) is 7.19. The fourth-order valence-corrected chi connectivity index (χ4v) is 1.28. The maximum atomic E-state index is 11.5. The van der Waals surface area contributed by atoms with Gasteiger partial charge in [-0.2, -0.15) is 0 Å². The molecule has 4 nitrogen and oxygen atoms in total. The molecular weight excluding hydrogens is 194 g/mol. The molecule has 0 atom stereocenters. The lowest BCUT2D eigenvalue weighted by atomic mass is 10.4. The smallest absolute Gasteiger partial charge is 0.325 e. The third-order valence-electron chi connectivity index (χ3n) is 2.09. The van der Waals surface area contributed by atoms with Gasteiger partial charge in [0.25, 0.3) is 5.91 Å². The lowest BCUT2D eigenvalue weighted by Gasteiger charge is -2.18. The second kappa shape index (κ2) is 5.40. The third kappa shape index (κ3) is 3.62. The fraction of sp³-hybridized carbons (Fsp3) is 0.636. The summed E-state index contributed by atoms with van der Waals surface area (Å²) in [6, 6.07) is 0.183. The molecule has 0 aromatic carbocycles. The molecule has 82 valence electrons. The predicted octanol–water partition coefficient (Wildman–Crippen LogP) is 0.564. The Hall–Kier alpha value is -1.50. The van der Waals surface area contributed by atoms with Crippen LogP contribution in [0.25, 0.3) is 0 Å². The van der Waals surface area contributed by atoms with Crippen molar-refractivity contribution in [1.29, 1.82) is 0 Å². The highest BCUT2D eigenvalue weighted by atomic mass is 16.5. The summed E-state index contributed by atoms with van der Waals surface area (Å²) in [6.07, 6.45) is 1.91. The minimum absolute atomic E-state index is 0.0199. The van der Waals surface area contributed by atoms with Gasteiger partial charge in [-0.15, -0.1) is 0 Å². The molecule has 0 aliphatic heterocycles. The molecule has 0 aromatic heterocycles. The van der Waals surface area contributed by atoms with Gasteiger partial charge in [-0.25, -0.2) is 0 Å². The van der Waals surface area contributed by atoms with E-state index in [9.17, 15) is 9.59 Å². The lowest BCUT2D eigenvalue weighted by Crippen LogP contribution is -2.37. The van der Waals surface area contributed by atoms with E-state index >= 15 is 0 Å².